The van der Waals surface area contributed by atoms with Crippen molar-refractivity contribution in [3.05, 3.63) is 105 Å². The molecule has 14 N–H and O–H groups in total. The van der Waals surface area contributed by atoms with Gasteiger partial charge in [-0.3, -0.25) is 14.3 Å². The maximum absolute atomic E-state index is 11.9. The molecule has 4 heterocycles. The quantitative estimate of drug-likeness (QED) is 0.0663. The summed E-state index contributed by atoms with van der Waals surface area (Å²) in [5, 5.41) is 5.28. The van der Waals surface area contributed by atoms with Crippen LogP contribution in [-0.4, -0.2) is 41.7 Å². The lowest BCUT2D eigenvalue weighted by atomic mass is 10.1. The summed E-state index contributed by atoms with van der Waals surface area (Å²) < 4.78 is 1.17. The zero-order valence-electron chi connectivity index (χ0n) is 25.2. The Morgan fingerprint density at radius 1 is 0.714 bits per heavy atom. The van der Waals surface area contributed by atoms with Crippen molar-refractivity contribution >= 4 is 55.6 Å². The lowest BCUT2D eigenvalue weighted by Gasteiger charge is -2.03. The minimum atomic E-state index is -0.545. The monoisotopic (exact) mass is 794 g/mol. The van der Waals surface area contributed by atoms with Crippen LogP contribution < -0.4 is 34.6 Å². The van der Waals surface area contributed by atoms with Crippen molar-refractivity contribution in [3.8, 4) is 45.3 Å². The second-order valence-corrected chi connectivity index (χ2v) is 11.1. The molecular formula is C30H29Br2FN14O2. The van der Waals surface area contributed by atoms with Crippen molar-refractivity contribution in [1.82, 2.24) is 29.9 Å². The van der Waals surface area contributed by atoms with E-state index >= 15 is 0 Å². The van der Waals surface area contributed by atoms with E-state index in [9.17, 15) is 9.59 Å². The predicted molar refractivity (Wildman–Crippen MR) is 192 cm³/mol. The molecule has 2 aromatic carbocycles. The Morgan fingerprint density at radius 3 is 1.82 bits per heavy atom. The average molecular weight is 796 g/mol. The van der Waals surface area contributed by atoms with Crippen LogP contribution >= 0.6 is 31.9 Å². The minimum Gasteiger partial charge on any atom is -0.368 e. The van der Waals surface area contributed by atoms with Crippen LogP contribution in [0, 0.1) is 0 Å². The first-order chi connectivity index (χ1) is 23.0. The SMILES string of the molecule is F.N/N=N/N.NC(=O)c1c(-c2ccccc2)[nH]c(-c2nc(N)ncc2Br)c1Br.NC(=O)c1cc(-c2ccnc(N)n2)[nH]c1-c1ccccc1. The van der Waals surface area contributed by atoms with Crippen LogP contribution in [0.5, 0.6) is 0 Å². The predicted octanol–water partition coefficient (Wildman–Crippen LogP) is 4.50. The van der Waals surface area contributed by atoms with Gasteiger partial charge in [0.15, 0.2) is 0 Å². The van der Waals surface area contributed by atoms with Crippen molar-refractivity contribution in [2.45, 2.75) is 0 Å². The third kappa shape index (κ3) is 8.99. The summed E-state index contributed by atoms with van der Waals surface area (Å²) in [6.07, 6.45) is 3.11. The molecule has 49 heavy (non-hydrogen) atoms. The molecule has 0 bridgehead atoms. The number of primary amides is 2. The van der Waals surface area contributed by atoms with E-state index in [-0.39, 0.29) is 16.6 Å². The number of aromatic nitrogens is 6. The van der Waals surface area contributed by atoms with Crippen molar-refractivity contribution in [2.24, 2.45) is 33.6 Å². The van der Waals surface area contributed by atoms with E-state index < -0.39 is 11.8 Å². The molecule has 19 heteroatoms. The number of halogens is 3. The number of nitrogens with zero attached hydrogens (tertiary/aromatic N) is 6. The molecule has 6 rings (SSSR count). The van der Waals surface area contributed by atoms with E-state index in [1.807, 2.05) is 60.7 Å². The molecule has 0 saturated carbocycles. The third-order valence-electron chi connectivity index (χ3n) is 6.41. The first-order valence-electron chi connectivity index (χ1n) is 13.6. The number of hydrogen-bond donors (Lipinski definition) is 8. The molecule has 0 radical (unpaired) electrons. The lowest BCUT2D eigenvalue weighted by molar-refractivity contribution is 0.0992. The Balaban J connectivity index is 0.000000236. The first-order valence-corrected chi connectivity index (χ1v) is 15.2. The molecule has 16 nitrogen and oxygen atoms in total. The van der Waals surface area contributed by atoms with Crippen molar-refractivity contribution in [2.75, 3.05) is 11.5 Å². The molecule has 0 fully saturated rings. The summed E-state index contributed by atoms with van der Waals surface area (Å²) in [6.45, 7) is 0. The fourth-order valence-electron chi connectivity index (χ4n) is 4.39. The highest BCUT2D eigenvalue weighted by Gasteiger charge is 2.24. The highest BCUT2D eigenvalue weighted by atomic mass is 79.9. The first kappa shape index (κ1) is 37.2. The Hall–Kier alpha value is -6.21. The minimum absolute atomic E-state index is 0. The zero-order chi connectivity index (χ0) is 34.8. The Morgan fingerprint density at radius 2 is 1.29 bits per heavy atom. The number of benzene rings is 2. The number of H-pyrrole nitrogens is 2. The van der Waals surface area contributed by atoms with Gasteiger partial charge in [-0.25, -0.2) is 19.9 Å². The molecule has 6 aromatic rings. The van der Waals surface area contributed by atoms with Gasteiger partial charge in [0.2, 0.25) is 11.9 Å². The van der Waals surface area contributed by atoms with Crippen molar-refractivity contribution in [3.63, 3.8) is 0 Å². The maximum Gasteiger partial charge on any atom is 0.252 e. The van der Waals surface area contributed by atoms with E-state index in [0.29, 0.717) is 54.2 Å². The summed E-state index contributed by atoms with van der Waals surface area (Å²) in [6, 6.07) is 22.3. The molecule has 0 aliphatic heterocycles. The number of aromatic amines is 2. The van der Waals surface area contributed by atoms with Gasteiger partial charge in [0.25, 0.3) is 11.8 Å². The van der Waals surface area contributed by atoms with Crippen molar-refractivity contribution in [1.29, 1.82) is 0 Å². The molecule has 0 atom stereocenters. The van der Waals surface area contributed by atoms with Gasteiger partial charge in [-0.15, -0.1) is 0 Å². The molecule has 0 aliphatic rings. The average Bonchev–Trinajstić information content (AvgIpc) is 3.70. The molecule has 0 saturated heterocycles. The van der Waals surface area contributed by atoms with Gasteiger partial charge in [0.05, 0.1) is 48.5 Å². The topological polar surface area (TPSA) is 298 Å². The van der Waals surface area contributed by atoms with Crippen LogP contribution in [0.25, 0.3) is 45.3 Å². The Bertz CT molecular complexity index is 2070. The van der Waals surface area contributed by atoms with Gasteiger partial charge < -0.3 is 44.6 Å². The number of carbonyl (C=O) groups is 2. The zero-order valence-corrected chi connectivity index (χ0v) is 28.4. The summed E-state index contributed by atoms with van der Waals surface area (Å²) >= 11 is 6.83. The number of nitrogens with one attached hydrogen (secondary N) is 2. The third-order valence-corrected chi connectivity index (χ3v) is 7.78. The van der Waals surface area contributed by atoms with Crippen LogP contribution in [0.1, 0.15) is 20.7 Å². The van der Waals surface area contributed by atoms with Gasteiger partial charge >= 0.3 is 0 Å². The number of nitrogen functional groups attached to an aromatic ring is 2. The number of amides is 2. The van der Waals surface area contributed by atoms with Crippen LogP contribution in [0.3, 0.4) is 0 Å². The van der Waals surface area contributed by atoms with Crippen LogP contribution in [-0.2, 0) is 0 Å². The van der Waals surface area contributed by atoms with Crippen LogP contribution in [0.15, 0.2) is 105 Å². The summed E-state index contributed by atoms with van der Waals surface area (Å²) in [4.78, 5) is 46.1. The molecule has 252 valence electrons. The highest BCUT2D eigenvalue weighted by Crippen LogP contribution is 2.39. The molecule has 2 amide bonds. The molecule has 4 aromatic heterocycles. The number of rotatable bonds is 6. The van der Waals surface area contributed by atoms with Gasteiger partial charge in [0.1, 0.15) is 5.69 Å². The normalized spacial score (nSPS) is 10.2. The lowest BCUT2D eigenvalue weighted by Crippen LogP contribution is -2.11. The van der Waals surface area contributed by atoms with Gasteiger partial charge in [0, 0.05) is 12.4 Å². The molecule has 0 unspecified atom stereocenters. The number of hydrogen-bond acceptors (Lipinski definition) is 10. The highest BCUT2D eigenvalue weighted by molar-refractivity contribution is 9.11. The smallest absolute Gasteiger partial charge is 0.252 e. The van der Waals surface area contributed by atoms with Gasteiger partial charge in [-0.05, 0) is 55.1 Å². The van der Waals surface area contributed by atoms with E-state index in [2.05, 4.69) is 83.9 Å². The fourth-order valence-corrected chi connectivity index (χ4v) is 5.46. The van der Waals surface area contributed by atoms with E-state index in [1.165, 1.54) is 0 Å². The standard InChI is InChI=1S/C15H11Br2N5O.C15H13N5O.FH.H4N4/c16-8-6-20-15(19)22-12(8)13-10(17)9(14(18)23)11(21-13)7-4-2-1-3-5-7;16-14(21)10-8-12(11-6-7-18-15(17)20-11)19-13(10)9-4-2-1-3-5-9;;1-3-4-2/h1-6,21H,(H2,18,23)(H2,19,20,22);1-8,19H,(H2,16,21)(H2,17,18,20);1H;(H2,1,4)(H2,2,3). The fraction of sp³-hybridized carbons (Fsp3) is 0. The summed E-state index contributed by atoms with van der Waals surface area (Å²) in [7, 11) is 0. The largest absolute Gasteiger partial charge is 0.368 e. The van der Waals surface area contributed by atoms with E-state index in [0.717, 1.165) is 11.1 Å². The number of nitrogens with two attached hydrogens (primary N) is 6. The summed E-state index contributed by atoms with van der Waals surface area (Å²) in [5.41, 5.74) is 28.4. The molecule has 0 spiro atoms. The Labute approximate surface area is 294 Å². The van der Waals surface area contributed by atoms with Gasteiger partial charge in [-0.2, -0.15) is 0 Å². The number of carbonyl (C=O) groups excluding carboxylic acids is 2. The molecular weight excluding hydrogens is 767 g/mol. The van der Waals surface area contributed by atoms with E-state index in [1.54, 1.807) is 24.5 Å². The van der Waals surface area contributed by atoms with Crippen LogP contribution in [0.2, 0.25) is 0 Å². The molecule has 0 aliphatic carbocycles. The Kier molecular flexibility index (Phi) is 13.0. The summed E-state index contributed by atoms with van der Waals surface area (Å²) in [5.74, 6) is 7.98. The van der Waals surface area contributed by atoms with E-state index in [4.69, 9.17) is 22.9 Å². The maximum atomic E-state index is 11.9. The van der Waals surface area contributed by atoms with Gasteiger partial charge in [-0.1, -0.05) is 71.1 Å². The second kappa shape index (κ2) is 17.1. The second-order valence-electron chi connectivity index (χ2n) is 9.45. The number of anilines is 2. The van der Waals surface area contributed by atoms with Crippen molar-refractivity contribution < 1.29 is 14.3 Å². The van der Waals surface area contributed by atoms with Crippen LogP contribution in [0.4, 0.5) is 16.6 Å².